The molecule has 0 radical (unpaired) electrons. The zero-order valence-corrected chi connectivity index (χ0v) is 16.0. The van der Waals surface area contributed by atoms with Crippen molar-refractivity contribution in [1.29, 1.82) is 0 Å². The number of carboxylic acid groups (broad SMARTS) is 1. The van der Waals surface area contributed by atoms with Crippen molar-refractivity contribution in [2.45, 2.75) is 69.5 Å². The number of ether oxygens (including phenoxy) is 3. The van der Waals surface area contributed by atoms with Crippen molar-refractivity contribution in [3.05, 3.63) is 0 Å². The van der Waals surface area contributed by atoms with Gasteiger partial charge in [0.1, 0.15) is 37.1 Å². The molecule has 6 N–H and O–H groups in total. The molecule has 1 rings (SSSR count). The number of hydrogen-bond acceptors (Lipinski definition) is 11. The zero-order chi connectivity index (χ0) is 22.5. The van der Waals surface area contributed by atoms with Crippen LogP contribution in [0.3, 0.4) is 0 Å². The molecule has 1 fully saturated rings. The predicted octanol–water partition coefficient (Wildman–Crippen LogP) is -3.37. The van der Waals surface area contributed by atoms with Crippen LogP contribution in [0.4, 0.5) is 0 Å². The Balaban J connectivity index is 3.15. The van der Waals surface area contributed by atoms with Crippen LogP contribution >= 0.6 is 0 Å². The van der Waals surface area contributed by atoms with E-state index in [1.165, 1.54) is 0 Å². The van der Waals surface area contributed by atoms with Crippen molar-refractivity contribution in [2.24, 2.45) is 0 Å². The Bertz CT molecular complexity index is 637. The average molecular weight is 423 g/mol. The molecule has 0 aromatic heterocycles. The van der Waals surface area contributed by atoms with E-state index in [9.17, 15) is 39.6 Å². The second-order valence-corrected chi connectivity index (χ2v) is 6.61. The first-order valence-corrected chi connectivity index (χ1v) is 8.57. The topological polar surface area (TPSA) is 209 Å². The van der Waals surface area contributed by atoms with E-state index in [-0.39, 0.29) is 0 Å². The van der Waals surface area contributed by atoms with Crippen LogP contribution in [-0.4, -0.2) is 98.3 Å². The van der Waals surface area contributed by atoms with Crippen molar-refractivity contribution in [1.82, 2.24) is 5.32 Å². The lowest BCUT2D eigenvalue weighted by Crippen LogP contribution is -2.68. The minimum Gasteiger partial charge on any atom is -0.477 e. The quantitative estimate of drug-likeness (QED) is 0.211. The van der Waals surface area contributed by atoms with E-state index in [0.717, 1.165) is 20.8 Å². The highest BCUT2D eigenvalue weighted by Gasteiger charge is 2.55. The van der Waals surface area contributed by atoms with Crippen LogP contribution in [0.15, 0.2) is 0 Å². The van der Waals surface area contributed by atoms with Crippen LogP contribution in [-0.2, 0) is 33.4 Å². The molecule has 7 atom stereocenters. The maximum Gasteiger partial charge on any atom is 0.364 e. The minimum absolute atomic E-state index is 0.663. The molecule has 1 amide bonds. The fourth-order valence-electron chi connectivity index (χ4n) is 2.72. The van der Waals surface area contributed by atoms with Gasteiger partial charge in [0.25, 0.3) is 5.79 Å². The molecule has 0 bridgehead atoms. The predicted molar refractivity (Wildman–Crippen MR) is 89.9 cm³/mol. The molecule has 2 unspecified atom stereocenters. The van der Waals surface area contributed by atoms with Crippen molar-refractivity contribution in [3.8, 4) is 0 Å². The number of carbonyl (C=O) groups is 4. The lowest BCUT2D eigenvalue weighted by Gasteiger charge is -2.45. The van der Waals surface area contributed by atoms with Crippen molar-refractivity contribution >= 4 is 23.8 Å². The third-order valence-electron chi connectivity index (χ3n) is 4.05. The summed E-state index contributed by atoms with van der Waals surface area (Å²) < 4.78 is 14.6. The Morgan fingerprint density at radius 1 is 1.21 bits per heavy atom. The van der Waals surface area contributed by atoms with Gasteiger partial charge in [0.2, 0.25) is 5.91 Å². The second-order valence-electron chi connectivity index (χ2n) is 6.61. The Kier molecular flexibility index (Phi) is 8.47. The maximum atomic E-state index is 11.5. The van der Waals surface area contributed by atoms with Crippen molar-refractivity contribution in [3.63, 3.8) is 0 Å². The van der Waals surface area contributed by atoms with Gasteiger partial charge < -0.3 is 45.1 Å². The number of aliphatic hydroxyl groups excluding tert-OH is 3. The van der Waals surface area contributed by atoms with Crippen molar-refractivity contribution < 1.29 is 58.9 Å². The summed E-state index contributed by atoms with van der Waals surface area (Å²) >= 11 is 0. The second kappa shape index (κ2) is 9.93. The van der Waals surface area contributed by atoms with Gasteiger partial charge in [-0.1, -0.05) is 0 Å². The van der Waals surface area contributed by atoms with Gasteiger partial charge in [-0.05, 0) is 6.92 Å². The molecule has 29 heavy (non-hydrogen) atoms. The highest BCUT2D eigenvalue weighted by atomic mass is 16.7. The molecule has 0 spiro atoms. The number of carbonyl (C=O) groups excluding carboxylic acids is 3. The SMILES string of the molecule is CC(=O)N[C@H]1[C@H]([C@H](O)[C@H](O)COC(=O)C(C)O)OC(O)(C(=O)O)C[C@@H]1OC(C)=O. The summed E-state index contributed by atoms with van der Waals surface area (Å²) in [6.45, 7) is 2.39. The summed E-state index contributed by atoms with van der Waals surface area (Å²) in [5.41, 5.74) is 0. The van der Waals surface area contributed by atoms with E-state index in [4.69, 9.17) is 14.6 Å². The zero-order valence-electron chi connectivity index (χ0n) is 16.0. The van der Waals surface area contributed by atoms with E-state index < -0.39 is 79.2 Å². The fraction of sp³-hybridized carbons (Fsp3) is 0.750. The molecule has 0 aliphatic carbocycles. The lowest BCUT2D eigenvalue weighted by atomic mass is 9.88. The molecule has 0 aromatic carbocycles. The van der Waals surface area contributed by atoms with Gasteiger partial charge in [-0.15, -0.1) is 0 Å². The lowest BCUT2D eigenvalue weighted by molar-refractivity contribution is -0.296. The Labute approximate surface area is 165 Å². The van der Waals surface area contributed by atoms with E-state index in [1.807, 2.05) is 0 Å². The number of hydrogen-bond donors (Lipinski definition) is 6. The standard InChI is InChI=1S/C16H25NO12/c1-6(18)14(23)27-5-9(21)12(22)13-11(17-7(2)19)10(28-8(3)20)4-16(26,29-13)15(24)25/h6,9-13,18,21-22,26H,4-5H2,1-3H3,(H,17,19)(H,24,25)/t6?,9-,10+,11-,12-,13-,16?/m1/s1. The summed E-state index contributed by atoms with van der Waals surface area (Å²) in [5.74, 6) is -7.39. The number of aliphatic hydroxyl groups is 4. The van der Waals surface area contributed by atoms with Crippen LogP contribution in [0.5, 0.6) is 0 Å². The molecule has 166 valence electrons. The van der Waals surface area contributed by atoms with E-state index in [0.29, 0.717) is 0 Å². The summed E-state index contributed by atoms with van der Waals surface area (Å²) in [6.07, 6.45) is -9.35. The van der Waals surface area contributed by atoms with Gasteiger partial charge in [0.05, 0.1) is 12.5 Å². The molecule has 1 aliphatic rings. The number of carboxylic acids is 1. The Morgan fingerprint density at radius 2 is 1.79 bits per heavy atom. The Morgan fingerprint density at radius 3 is 2.24 bits per heavy atom. The highest BCUT2D eigenvalue weighted by molar-refractivity contribution is 5.76. The molecule has 0 aromatic rings. The molecular formula is C16H25NO12. The highest BCUT2D eigenvalue weighted by Crippen LogP contribution is 2.32. The smallest absolute Gasteiger partial charge is 0.364 e. The third-order valence-corrected chi connectivity index (χ3v) is 4.05. The van der Waals surface area contributed by atoms with Crippen LogP contribution < -0.4 is 5.32 Å². The van der Waals surface area contributed by atoms with Gasteiger partial charge in [-0.2, -0.15) is 0 Å². The van der Waals surface area contributed by atoms with Crippen LogP contribution in [0.25, 0.3) is 0 Å². The number of esters is 2. The molecular weight excluding hydrogens is 398 g/mol. The number of rotatable bonds is 8. The van der Waals surface area contributed by atoms with Crippen LogP contribution in [0, 0.1) is 0 Å². The van der Waals surface area contributed by atoms with Gasteiger partial charge in [0, 0.05) is 13.8 Å². The third kappa shape index (κ3) is 6.61. The summed E-state index contributed by atoms with van der Waals surface area (Å²) in [4.78, 5) is 45.6. The van der Waals surface area contributed by atoms with Gasteiger partial charge in [-0.25, -0.2) is 9.59 Å². The normalized spacial score (nSPS) is 29.8. The van der Waals surface area contributed by atoms with Crippen molar-refractivity contribution in [2.75, 3.05) is 6.61 Å². The van der Waals surface area contributed by atoms with Crippen LogP contribution in [0.2, 0.25) is 0 Å². The summed E-state index contributed by atoms with van der Waals surface area (Å²) in [6, 6.07) is -1.35. The number of amides is 1. The number of aliphatic carboxylic acids is 1. The van der Waals surface area contributed by atoms with E-state index in [1.54, 1.807) is 0 Å². The average Bonchev–Trinajstić information content (AvgIpc) is 2.59. The fourth-order valence-corrected chi connectivity index (χ4v) is 2.72. The van der Waals surface area contributed by atoms with Gasteiger partial charge >= 0.3 is 17.9 Å². The Hall–Kier alpha value is -2.32. The summed E-state index contributed by atoms with van der Waals surface area (Å²) in [5, 5.41) is 51.4. The molecule has 13 heteroatoms. The first-order valence-electron chi connectivity index (χ1n) is 8.57. The van der Waals surface area contributed by atoms with Gasteiger partial charge in [0.15, 0.2) is 0 Å². The first kappa shape index (κ1) is 24.7. The monoisotopic (exact) mass is 423 g/mol. The molecule has 1 heterocycles. The maximum absolute atomic E-state index is 11.5. The summed E-state index contributed by atoms with van der Waals surface area (Å²) in [7, 11) is 0. The van der Waals surface area contributed by atoms with Gasteiger partial charge in [-0.3, -0.25) is 9.59 Å². The largest absolute Gasteiger partial charge is 0.477 e. The molecule has 1 saturated heterocycles. The first-order chi connectivity index (χ1) is 13.3. The van der Waals surface area contributed by atoms with E-state index >= 15 is 0 Å². The van der Waals surface area contributed by atoms with Crippen LogP contribution in [0.1, 0.15) is 27.2 Å². The molecule has 13 nitrogen and oxygen atoms in total. The van der Waals surface area contributed by atoms with E-state index in [2.05, 4.69) is 10.1 Å². The number of nitrogens with one attached hydrogen (secondary N) is 1. The molecule has 1 aliphatic heterocycles. The molecule has 0 saturated carbocycles. The minimum atomic E-state index is -2.91.